The minimum absolute atomic E-state index is 0.0747. The number of hydrogen-bond donors (Lipinski definition) is 2. The van der Waals surface area contributed by atoms with Crippen molar-refractivity contribution in [2.75, 3.05) is 14.2 Å². The molecule has 0 radical (unpaired) electrons. The Morgan fingerprint density at radius 1 is 0.917 bits per heavy atom. The van der Waals surface area contributed by atoms with Crippen LogP contribution in [0.1, 0.15) is 42.2 Å². The van der Waals surface area contributed by atoms with Crippen LogP contribution in [0.3, 0.4) is 0 Å². The van der Waals surface area contributed by atoms with Gasteiger partial charge in [-0.1, -0.05) is 24.3 Å². The number of phenols is 2. The summed E-state index contributed by atoms with van der Waals surface area (Å²) in [6, 6.07) is 6.01. The van der Waals surface area contributed by atoms with Gasteiger partial charge in [-0.15, -0.1) is 0 Å². The van der Waals surface area contributed by atoms with Crippen LogP contribution in [0.25, 0.3) is 0 Å². The number of carbonyl (C=O) groups excluding carboxylic acids is 3. The predicted octanol–water partition coefficient (Wildman–Crippen LogP) is 1.67. The molecule has 0 bridgehead atoms. The van der Waals surface area contributed by atoms with Gasteiger partial charge in [0.05, 0.1) is 25.3 Å². The van der Waals surface area contributed by atoms with Crippen LogP contribution in [0.4, 0.5) is 0 Å². The Labute approximate surface area is 136 Å². The standard InChI is InChI=1S/C17H12O7/c1-23-16-11(17(22)24-2)14(20)9-10(15(16)21)13(19)8-6-4-3-5-7(8)12(9)18/h3-6,20-21H,1-2H3. The van der Waals surface area contributed by atoms with E-state index in [2.05, 4.69) is 4.74 Å². The number of ether oxygens (including phenoxy) is 2. The second-order valence-corrected chi connectivity index (χ2v) is 5.05. The van der Waals surface area contributed by atoms with E-state index in [1.165, 1.54) is 12.1 Å². The molecule has 0 fully saturated rings. The zero-order valence-corrected chi connectivity index (χ0v) is 12.7. The summed E-state index contributed by atoms with van der Waals surface area (Å²) in [5.41, 5.74) is -1.20. The molecule has 122 valence electrons. The molecule has 24 heavy (non-hydrogen) atoms. The fraction of sp³-hybridized carbons (Fsp3) is 0.118. The lowest BCUT2D eigenvalue weighted by atomic mass is 9.81. The minimum atomic E-state index is -1.01. The van der Waals surface area contributed by atoms with E-state index in [4.69, 9.17) is 4.74 Å². The summed E-state index contributed by atoms with van der Waals surface area (Å²) >= 11 is 0. The van der Waals surface area contributed by atoms with Crippen molar-refractivity contribution in [1.82, 2.24) is 0 Å². The molecule has 0 saturated carbocycles. The van der Waals surface area contributed by atoms with Crippen LogP contribution in [-0.2, 0) is 4.74 Å². The Hall–Kier alpha value is -3.35. The van der Waals surface area contributed by atoms with Crippen LogP contribution in [0.5, 0.6) is 17.2 Å². The molecule has 0 heterocycles. The summed E-state index contributed by atoms with van der Waals surface area (Å²) in [4.78, 5) is 37.2. The molecule has 1 aliphatic rings. The average molecular weight is 328 g/mol. The zero-order valence-electron chi connectivity index (χ0n) is 12.7. The number of methoxy groups -OCH3 is 2. The van der Waals surface area contributed by atoms with Crippen molar-refractivity contribution in [2.45, 2.75) is 0 Å². The number of aromatic hydroxyl groups is 2. The Kier molecular flexibility index (Phi) is 3.48. The third-order valence-corrected chi connectivity index (χ3v) is 3.87. The third-order valence-electron chi connectivity index (χ3n) is 3.87. The number of phenolic OH excluding ortho intramolecular Hbond substituents is 2. The quantitative estimate of drug-likeness (QED) is 0.544. The fourth-order valence-electron chi connectivity index (χ4n) is 2.78. The van der Waals surface area contributed by atoms with Crippen LogP contribution in [0.2, 0.25) is 0 Å². The molecule has 0 aliphatic heterocycles. The van der Waals surface area contributed by atoms with Crippen LogP contribution in [0.15, 0.2) is 24.3 Å². The largest absolute Gasteiger partial charge is 0.506 e. The van der Waals surface area contributed by atoms with Gasteiger partial charge in [-0.3, -0.25) is 9.59 Å². The average Bonchev–Trinajstić information content (AvgIpc) is 2.60. The molecule has 1 aliphatic carbocycles. The zero-order chi connectivity index (χ0) is 17.6. The number of carbonyl (C=O) groups is 3. The van der Waals surface area contributed by atoms with E-state index in [0.717, 1.165) is 14.2 Å². The monoisotopic (exact) mass is 328 g/mol. The van der Waals surface area contributed by atoms with Crippen molar-refractivity contribution in [1.29, 1.82) is 0 Å². The fourth-order valence-corrected chi connectivity index (χ4v) is 2.78. The summed E-state index contributed by atoms with van der Waals surface area (Å²) in [6.07, 6.45) is 0. The van der Waals surface area contributed by atoms with Crippen molar-refractivity contribution < 1.29 is 34.1 Å². The Balaban J connectivity index is 2.43. The molecule has 0 atom stereocenters. The van der Waals surface area contributed by atoms with E-state index in [9.17, 15) is 24.6 Å². The predicted molar refractivity (Wildman–Crippen MR) is 81.0 cm³/mol. The van der Waals surface area contributed by atoms with E-state index in [1.807, 2.05) is 0 Å². The maximum Gasteiger partial charge on any atom is 0.345 e. The first-order valence-corrected chi connectivity index (χ1v) is 6.86. The second-order valence-electron chi connectivity index (χ2n) is 5.05. The van der Waals surface area contributed by atoms with Crippen molar-refractivity contribution >= 4 is 17.5 Å². The van der Waals surface area contributed by atoms with Gasteiger partial charge in [-0.2, -0.15) is 0 Å². The van der Waals surface area contributed by atoms with Gasteiger partial charge in [-0.05, 0) is 0 Å². The topological polar surface area (TPSA) is 110 Å². The van der Waals surface area contributed by atoms with Crippen molar-refractivity contribution in [2.24, 2.45) is 0 Å². The van der Waals surface area contributed by atoms with Gasteiger partial charge in [0.2, 0.25) is 0 Å². The molecule has 0 amide bonds. The van der Waals surface area contributed by atoms with Crippen LogP contribution in [0, 0.1) is 0 Å². The molecular formula is C17H12O7. The van der Waals surface area contributed by atoms with Gasteiger partial charge < -0.3 is 19.7 Å². The Morgan fingerprint density at radius 2 is 1.42 bits per heavy atom. The maximum atomic E-state index is 12.7. The highest BCUT2D eigenvalue weighted by molar-refractivity contribution is 6.31. The number of rotatable bonds is 2. The molecule has 2 aromatic rings. The van der Waals surface area contributed by atoms with Crippen LogP contribution < -0.4 is 4.74 Å². The lowest BCUT2D eigenvalue weighted by Crippen LogP contribution is -2.23. The Morgan fingerprint density at radius 3 is 1.88 bits per heavy atom. The molecule has 7 nitrogen and oxygen atoms in total. The minimum Gasteiger partial charge on any atom is -0.506 e. The Bertz CT molecular complexity index is 912. The van der Waals surface area contributed by atoms with E-state index < -0.39 is 51.5 Å². The van der Waals surface area contributed by atoms with E-state index >= 15 is 0 Å². The number of hydrogen-bond acceptors (Lipinski definition) is 7. The maximum absolute atomic E-state index is 12.7. The highest BCUT2D eigenvalue weighted by Gasteiger charge is 2.39. The first-order chi connectivity index (χ1) is 11.4. The molecule has 0 saturated heterocycles. The van der Waals surface area contributed by atoms with Crippen molar-refractivity contribution in [3.63, 3.8) is 0 Å². The van der Waals surface area contributed by atoms with Gasteiger partial charge in [0.15, 0.2) is 23.1 Å². The van der Waals surface area contributed by atoms with Gasteiger partial charge in [0.25, 0.3) is 0 Å². The van der Waals surface area contributed by atoms with E-state index in [0.29, 0.717) is 0 Å². The van der Waals surface area contributed by atoms with Crippen LogP contribution >= 0.6 is 0 Å². The van der Waals surface area contributed by atoms with Crippen LogP contribution in [-0.4, -0.2) is 42.0 Å². The first kappa shape index (κ1) is 15.5. The molecule has 3 rings (SSSR count). The summed E-state index contributed by atoms with van der Waals surface area (Å²) in [7, 11) is 2.22. The number of ketones is 2. The SMILES string of the molecule is COC(=O)c1c(O)c2c(c(O)c1OC)C(=O)c1ccccc1C2=O. The molecule has 0 unspecified atom stereocenters. The third kappa shape index (κ3) is 1.88. The van der Waals surface area contributed by atoms with Crippen molar-refractivity contribution in [3.8, 4) is 17.2 Å². The molecule has 7 heteroatoms. The summed E-state index contributed by atoms with van der Waals surface area (Å²) < 4.78 is 9.49. The number of benzene rings is 2. The molecule has 0 aromatic heterocycles. The normalized spacial score (nSPS) is 12.4. The van der Waals surface area contributed by atoms with Gasteiger partial charge in [0, 0.05) is 11.1 Å². The lowest BCUT2D eigenvalue weighted by Gasteiger charge is -2.22. The highest BCUT2D eigenvalue weighted by Crippen LogP contribution is 2.47. The lowest BCUT2D eigenvalue weighted by molar-refractivity contribution is 0.0592. The van der Waals surface area contributed by atoms with Crippen molar-refractivity contribution in [3.05, 3.63) is 52.1 Å². The number of esters is 1. The van der Waals surface area contributed by atoms with E-state index in [-0.39, 0.29) is 11.1 Å². The summed E-state index contributed by atoms with van der Waals surface area (Å²) in [6.45, 7) is 0. The molecule has 2 N–H and O–H groups in total. The first-order valence-electron chi connectivity index (χ1n) is 6.86. The summed E-state index contributed by atoms with van der Waals surface area (Å²) in [5, 5.41) is 20.8. The van der Waals surface area contributed by atoms with Gasteiger partial charge in [0.1, 0.15) is 11.3 Å². The molecule has 0 spiro atoms. The molecule has 2 aromatic carbocycles. The molecular weight excluding hydrogens is 316 g/mol. The second kappa shape index (κ2) is 5.38. The summed E-state index contributed by atoms with van der Waals surface area (Å²) in [5.74, 6) is -4.23. The smallest absolute Gasteiger partial charge is 0.345 e. The van der Waals surface area contributed by atoms with Gasteiger partial charge in [-0.25, -0.2) is 4.79 Å². The van der Waals surface area contributed by atoms with E-state index in [1.54, 1.807) is 12.1 Å². The van der Waals surface area contributed by atoms with Gasteiger partial charge >= 0.3 is 5.97 Å². The highest BCUT2D eigenvalue weighted by atomic mass is 16.5. The number of fused-ring (bicyclic) bond motifs is 2.